The van der Waals surface area contributed by atoms with Crippen molar-refractivity contribution in [3.05, 3.63) is 54.1 Å². The van der Waals surface area contributed by atoms with Gasteiger partial charge < -0.3 is 5.32 Å². The van der Waals surface area contributed by atoms with Gasteiger partial charge in [-0.25, -0.2) is 0 Å². The maximum atomic E-state index is 12.8. The van der Waals surface area contributed by atoms with E-state index in [2.05, 4.69) is 20.2 Å². The molecule has 0 spiro atoms. The molecule has 0 unspecified atom stereocenters. The summed E-state index contributed by atoms with van der Waals surface area (Å²) in [6.45, 7) is 1.66. The lowest BCUT2D eigenvalue weighted by molar-refractivity contribution is -0.122. The molecule has 0 aromatic carbocycles. The molecular formula is C20H24N4O. The molecule has 2 aliphatic rings. The molecule has 1 saturated carbocycles. The molecule has 130 valence electrons. The molecule has 1 saturated heterocycles. The molecule has 1 amide bonds. The molecule has 2 aromatic heterocycles. The summed E-state index contributed by atoms with van der Waals surface area (Å²) < 4.78 is 0. The first-order valence-electron chi connectivity index (χ1n) is 9.20. The maximum Gasteiger partial charge on any atom is 0.241 e. The lowest BCUT2D eigenvalue weighted by Crippen LogP contribution is -2.46. The Morgan fingerprint density at radius 3 is 2.76 bits per heavy atom. The van der Waals surface area contributed by atoms with E-state index in [0.29, 0.717) is 5.92 Å². The van der Waals surface area contributed by atoms with E-state index in [0.717, 1.165) is 49.4 Å². The number of aromatic nitrogens is 2. The van der Waals surface area contributed by atoms with Gasteiger partial charge in [-0.3, -0.25) is 19.7 Å². The lowest BCUT2D eigenvalue weighted by atomic mass is 10.0. The van der Waals surface area contributed by atoms with Gasteiger partial charge in [0.15, 0.2) is 0 Å². The van der Waals surface area contributed by atoms with Crippen LogP contribution < -0.4 is 5.32 Å². The zero-order valence-electron chi connectivity index (χ0n) is 14.4. The summed E-state index contributed by atoms with van der Waals surface area (Å²) in [6.07, 6.45) is 9.20. The number of likely N-dealkylation sites (tertiary alicyclic amines) is 1. The van der Waals surface area contributed by atoms with Gasteiger partial charge in [-0.1, -0.05) is 12.5 Å². The fraction of sp³-hybridized carbons (Fsp3) is 0.450. The zero-order valence-corrected chi connectivity index (χ0v) is 14.4. The van der Waals surface area contributed by atoms with E-state index in [1.807, 2.05) is 30.3 Å². The van der Waals surface area contributed by atoms with Crippen LogP contribution in [-0.4, -0.2) is 33.4 Å². The summed E-state index contributed by atoms with van der Waals surface area (Å²) in [5.74, 6) is 0.702. The Kier molecular flexibility index (Phi) is 4.74. The van der Waals surface area contributed by atoms with E-state index in [1.165, 1.54) is 12.8 Å². The summed E-state index contributed by atoms with van der Waals surface area (Å²) >= 11 is 0. The second kappa shape index (κ2) is 7.31. The predicted octanol–water partition coefficient (Wildman–Crippen LogP) is 3.35. The number of nitrogens with one attached hydrogen (secondary N) is 1. The van der Waals surface area contributed by atoms with Crippen molar-refractivity contribution in [3.8, 4) is 0 Å². The fourth-order valence-electron chi connectivity index (χ4n) is 3.50. The molecule has 4 rings (SSSR count). The normalized spacial score (nSPS) is 21.0. The lowest BCUT2D eigenvalue weighted by Gasteiger charge is -2.34. The largest absolute Gasteiger partial charge is 0.323 e. The Morgan fingerprint density at radius 2 is 2.04 bits per heavy atom. The highest BCUT2D eigenvalue weighted by atomic mass is 16.2. The minimum Gasteiger partial charge on any atom is -0.323 e. The number of pyridine rings is 2. The minimum atomic E-state index is -0.0983. The van der Waals surface area contributed by atoms with Crippen molar-refractivity contribution >= 4 is 11.6 Å². The molecule has 3 heterocycles. The number of hydrogen-bond donors (Lipinski definition) is 1. The smallest absolute Gasteiger partial charge is 0.241 e. The first kappa shape index (κ1) is 16.2. The third kappa shape index (κ3) is 4.04. The van der Waals surface area contributed by atoms with Crippen molar-refractivity contribution in [3.63, 3.8) is 0 Å². The van der Waals surface area contributed by atoms with Crippen LogP contribution in [0.4, 0.5) is 5.69 Å². The highest BCUT2D eigenvalue weighted by Gasteiger charge is 2.29. The molecule has 0 bridgehead atoms. The molecule has 2 fully saturated rings. The van der Waals surface area contributed by atoms with Crippen molar-refractivity contribution < 1.29 is 4.79 Å². The molecule has 1 atom stereocenters. The number of anilines is 1. The van der Waals surface area contributed by atoms with Gasteiger partial charge in [-0.05, 0) is 56.5 Å². The molecule has 1 aliphatic carbocycles. The van der Waals surface area contributed by atoms with Gasteiger partial charge >= 0.3 is 0 Å². The molecule has 0 radical (unpaired) electrons. The molecule has 25 heavy (non-hydrogen) atoms. The number of nitrogens with zero attached hydrogens (tertiary/aromatic N) is 3. The first-order chi connectivity index (χ1) is 12.3. The fourth-order valence-corrected chi connectivity index (χ4v) is 3.50. The Labute approximate surface area is 148 Å². The van der Waals surface area contributed by atoms with Gasteiger partial charge in [-0.2, -0.15) is 0 Å². The van der Waals surface area contributed by atoms with E-state index >= 15 is 0 Å². The number of rotatable bonds is 5. The van der Waals surface area contributed by atoms with Crippen LogP contribution in [0.15, 0.2) is 42.7 Å². The number of amides is 1. The molecule has 1 aliphatic heterocycles. The first-order valence-corrected chi connectivity index (χ1v) is 9.20. The number of piperidine rings is 1. The highest BCUT2D eigenvalue weighted by Crippen LogP contribution is 2.38. The highest BCUT2D eigenvalue weighted by molar-refractivity contribution is 5.94. The third-order valence-corrected chi connectivity index (χ3v) is 5.06. The van der Waals surface area contributed by atoms with Crippen molar-refractivity contribution in [1.82, 2.24) is 14.9 Å². The standard InChI is InChI=1S/C20H24N4O/c25-20(23-16-9-10-18(22-13-16)15-7-8-15)19-6-2-4-12-24(19)14-17-5-1-3-11-21-17/h1,3,5,9-11,13,15,19H,2,4,6-8,12,14H2,(H,23,25)/t19-/m1/s1. The zero-order chi connectivity index (χ0) is 17.1. The molecule has 1 N–H and O–H groups in total. The third-order valence-electron chi connectivity index (χ3n) is 5.06. The summed E-state index contributed by atoms with van der Waals surface area (Å²) in [6, 6.07) is 9.85. The van der Waals surface area contributed by atoms with Crippen molar-refractivity contribution in [2.24, 2.45) is 0 Å². The van der Waals surface area contributed by atoms with Crippen molar-refractivity contribution in [2.75, 3.05) is 11.9 Å². The molecule has 2 aromatic rings. The Morgan fingerprint density at radius 1 is 1.12 bits per heavy atom. The van der Waals surface area contributed by atoms with E-state index < -0.39 is 0 Å². The molecule has 5 heteroatoms. The second-order valence-electron chi connectivity index (χ2n) is 7.04. The van der Waals surface area contributed by atoms with Crippen LogP contribution in [0.3, 0.4) is 0 Å². The molecular weight excluding hydrogens is 312 g/mol. The van der Waals surface area contributed by atoms with Gasteiger partial charge in [-0.15, -0.1) is 0 Å². The van der Waals surface area contributed by atoms with E-state index in [9.17, 15) is 4.79 Å². The SMILES string of the molecule is O=C(Nc1ccc(C2CC2)nc1)[C@H]1CCCCN1Cc1ccccn1. The monoisotopic (exact) mass is 336 g/mol. The Bertz CT molecular complexity index is 712. The van der Waals surface area contributed by atoms with Crippen LogP contribution in [-0.2, 0) is 11.3 Å². The second-order valence-corrected chi connectivity index (χ2v) is 7.04. The van der Waals surface area contributed by atoms with Crippen molar-refractivity contribution in [2.45, 2.75) is 50.6 Å². The van der Waals surface area contributed by atoms with Crippen LogP contribution in [0.25, 0.3) is 0 Å². The van der Waals surface area contributed by atoms with Crippen LogP contribution in [0, 0.1) is 0 Å². The van der Waals surface area contributed by atoms with Gasteiger partial charge in [0, 0.05) is 24.4 Å². The summed E-state index contributed by atoms with van der Waals surface area (Å²) in [4.78, 5) is 23.9. The molecule has 5 nitrogen and oxygen atoms in total. The van der Waals surface area contributed by atoms with E-state index in [-0.39, 0.29) is 11.9 Å². The summed E-state index contributed by atoms with van der Waals surface area (Å²) in [5.41, 5.74) is 2.95. The van der Waals surface area contributed by atoms with Gasteiger partial charge in [0.25, 0.3) is 0 Å². The topological polar surface area (TPSA) is 58.1 Å². The average molecular weight is 336 g/mol. The van der Waals surface area contributed by atoms with E-state index in [1.54, 1.807) is 12.4 Å². The summed E-state index contributed by atoms with van der Waals surface area (Å²) in [5, 5.41) is 3.05. The Balaban J connectivity index is 1.41. The van der Waals surface area contributed by atoms with Crippen LogP contribution in [0.2, 0.25) is 0 Å². The predicted molar refractivity (Wildman–Crippen MR) is 97.1 cm³/mol. The number of carbonyl (C=O) groups excluding carboxylic acids is 1. The van der Waals surface area contributed by atoms with Crippen LogP contribution in [0.5, 0.6) is 0 Å². The number of hydrogen-bond acceptors (Lipinski definition) is 4. The quantitative estimate of drug-likeness (QED) is 0.910. The van der Waals surface area contributed by atoms with Gasteiger partial charge in [0.05, 0.1) is 23.6 Å². The van der Waals surface area contributed by atoms with Crippen LogP contribution >= 0.6 is 0 Å². The van der Waals surface area contributed by atoms with E-state index in [4.69, 9.17) is 0 Å². The van der Waals surface area contributed by atoms with Gasteiger partial charge in [0.2, 0.25) is 5.91 Å². The number of carbonyl (C=O) groups is 1. The maximum absolute atomic E-state index is 12.8. The average Bonchev–Trinajstić information content (AvgIpc) is 3.49. The van der Waals surface area contributed by atoms with Crippen molar-refractivity contribution in [1.29, 1.82) is 0 Å². The minimum absolute atomic E-state index is 0.0663. The van der Waals surface area contributed by atoms with Gasteiger partial charge in [0.1, 0.15) is 0 Å². The van der Waals surface area contributed by atoms with Crippen LogP contribution in [0.1, 0.15) is 49.4 Å². The Hall–Kier alpha value is -2.27. The summed E-state index contributed by atoms with van der Waals surface area (Å²) in [7, 11) is 0.